The van der Waals surface area contributed by atoms with Gasteiger partial charge in [0.05, 0.1) is 3.79 Å². The number of carbonyl (C=O) groups is 1. The minimum absolute atomic E-state index is 0.270. The number of carboxylic acids is 1. The average Bonchev–Trinajstić information content (AvgIpc) is 2.57. The molecular weight excluding hydrogens is 278 g/mol. The first-order valence-corrected chi connectivity index (χ1v) is 6.46. The number of thiophene rings is 1. The molecule has 0 amide bonds. The molecule has 15 heavy (non-hydrogen) atoms. The maximum atomic E-state index is 10.2. The van der Waals surface area contributed by atoms with Gasteiger partial charge in [-0.2, -0.15) is 0 Å². The lowest BCUT2D eigenvalue weighted by molar-refractivity contribution is -0.137. The van der Waals surface area contributed by atoms with Crippen molar-refractivity contribution in [3.05, 3.63) is 20.8 Å². The van der Waals surface area contributed by atoms with Crippen molar-refractivity contribution in [3.8, 4) is 0 Å². The molecule has 0 unspecified atom stereocenters. The number of hydrogen-bond acceptors (Lipinski definition) is 3. The highest BCUT2D eigenvalue weighted by molar-refractivity contribution is 9.11. The molecule has 3 nitrogen and oxygen atoms in total. The lowest BCUT2D eigenvalue weighted by Crippen LogP contribution is -2.14. The van der Waals surface area contributed by atoms with Gasteiger partial charge < -0.3 is 10.4 Å². The molecule has 0 radical (unpaired) electrons. The lowest BCUT2D eigenvalue weighted by atomic mass is 10.2. The summed E-state index contributed by atoms with van der Waals surface area (Å²) in [5.41, 5.74) is 0. The van der Waals surface area contributed by atoms with Crippen LogP contribution in [0.5, 0.6) is 0 Å². The number of hydrogen-bond donors (Lipinski definition) is 2. The van der Waals surface area contributed by atoms with E-state index < -0.39 is 5.97 Å². The van der Waals surface area contributed by atoms with Gasteiger partial charge in [0.2, 0.25) is 0 Å². The Balaban J connectivity index is 2.00. The summed E-state index contributed by atoms with van der Waals surface area (Å²) >= 11 is 5.12. The summed E-state index contributed by atoms with van der Waals surface area (Å²) < 4.78 is 1.14. The highest BCUT2D eigenvalue weighted by Gasteiger charge is 1.98. The van der Waals surface area contributed by atoms with Crippen molar-refractivity contribution in [1.29, 1.82) is 0 Å². The van der Waals surface area contributed by atoms with E-state index in [1.165, 1.54) is 4.88 Å². The SMILES string of the molecule is O=C(O)CCCCNCc1ccc(Br)s1. The Kier molecular flexibility index (Phi) is 5.90. The van der Waals surface area contributed by atoms with E-state index >= 15 is 0 Å². The molecule has 0 aromatic carbocycles. The maximum Gasteiger partial charge on any atom is 0.303 e. The molecule has 0 fully saturated rings. The van der Waals surface area contributed by atoms with Crippen LogP contribution in [0.4, 0.5) is 0 Å². The van der Waals surface area contributed by atoms with Gasteiger partial charge in [-0.15, -0.1) is 11.3 Å². The van der Waals surface area contributed by atoms with Crippen LogP contribution in [0.15, 0.2) is 15.9 Å². The Bertz CT molecular complexity index is 314. The summed E-state index contributed by atoms with van der Waals surface area (Å²) in [6, 6.07) is 4.12. The molecule has 0 bridgehead atoms. The summed E-state index contributed by atoms with van der Waals surface area (Å²) in [4.78, 5) is 11.5. The predicted octanol–water partition coefficient (Wildman–Crippen LogP) is 2.86. The first kappa shape index (κ1) is 12.7. The lowest BCUT2D eigenvalue weighted by Gasteiger charge is -2.01. The summed E-state index contributed by atoms with van der Waals surface area (Å²) in [7, 11) is 0. The molecule has 0 aliphatic rings. The van der Waals surface area contributed by atoms with Crippen LogP contribution in [0, 0.1) is 0 Å². The number of carboxylic acid groups (broad SMARTS) is 1. The molecule has 1 rings (SSSR count). The predicted molar refractivity (Wildman–Crippen MR) is 65.2 cm³/mol. The van der Waals surface area contributed by atoms with Crippen LogP contribution >= 0.6 is 27.3 Å². The maximum absolute atomic E-state index is 10.2. The average molecular weight is 292 g/mol. The van der Waals surface area contributed by atoms with Crippen LogP contribution in [0.1, 0.15) is 24.1 Å². The Morgan fingerprint density at radius 1 is 1.47 bits per heavy atom. The van der Waals surface area contributed by atoms with Gasteiger partial charge in [-0.05, 0) is 47.4 Å². The van der Waals surface area contributed by atoms with Crippen molar-refractivity contribution < 1.29 is 9.90 Å². The molecular formula is C10H14BrNO2S. The Hall–Kier alpha value is -0.390. The van der Waals surface area contributed by atoms with Crippen molar-refractivity contribution in [2.45, 2.75) is 25.8 Å². The van der Waals surface area contributed by atoms with E-state index in [9.17, 15) is 4.79 Å². The third kappa shape index (κ3) is 5.92. The summed E-state index contributed by atoms with van der Waals surface area (Å²) in [6.07, 6.45) is 1.93. The highest BCUT2D eigenvalue weighted by Crippen LogP contribution is 2.21. The zero-order valence-electron chi connectivity index (χ0n) is 8.33. The third-order valence-corrected chi connectivity index (χ3v) is 3.55. The second-order valence-corrected chi connectivity index (χ2v) is 5.78. The monoisotopic (exact) mass is 291 g/mol. The van der Waals surface area contributed by atoms with E-state index in [4.69, 9.17) is 5.11 Å². The van der Waals surface area contributed by atoms with E-state index in [1.54, 1.807) is 11.3 Å². The van der Waals surface area contributed by atoms with Crippen LogP contribution in [-0.4, -0.2) is 17.6 Å². The molecule has 0 saturated carbocycles. The van der Waals surface area contributed by atoms with E-state index in [-0.39, 0.29) is 6.42 Å². The van der Waals surface area contributed by atoms with Crippen molar-refractivity contribution >= 4 is 33.2 Å². The molecule has 5 heteroatoms. The van der Waals surface area contributed by atoms with Crippen LogP contribution < -0.4 is 5.32 Å². The van der Waals surface area contributed by atoms with E-state index in [2.05, 4.69) is 27.3 Å². The van der Waals surface area contributed by atoms with Crippen LogP contribution in [0.25, 0.3) is 0 Å². The van der Waals surface area contributed by atoms with Crippen molar-refractivity contribution in [2.24, 2.45) is 0 Å². The Morgan fingerprint density at radius 2 is 2.27 bits per heavy atom. The summed E-state index contributed by atoms with van der Waals surface area (Å²) in [5.74, 6) is -0.711. The van der Waals surface area contributed by atoms with E-state index in [0.29, 0.717) is 0 Å². The van der Waals surface area contributed by atoms with Gasteiger partial charge in [0.15, 0.2) is 0 Å². The van der Waals surface area contributed by atoms with Crippen molar-refractivity contribution in [2.75, 3.05) is 6.54 Å². The molecule has 2 N–H and O–H groups in total. The van der Waals surface area contributed by atoms with Gasteiger partial charge in [-0.25, -0.2) is 0 Å². The molecule has 1 aromatic heterocycles. The van der Waals surface area contributed by atoms with Gasteiger partial charge in [0, 0.05) is 17.8 Å². The molecule has 1 aromatic rings. The van der Waals surface area contributed by atoms with Crippen LogP contribution in [-0.2, 0) is 11.3 Å². The van der Waals surface area contributed by atoms with Gasteiger partial charge in [0.1, 0.15) is 0 Å². The number of aliphatic carboxylic acids is 1. The van der Waals surface area contributed by atoms with E-state index in [0.717, 1.165) is 29.7 Å². The molecule has 0 spiro atoms. The largest absolute Gasteiger partial charge is 0.481 e. The van der Waals surface area contributed by atoms with Crippen molar-refractivity contribution in [3.63, 3.8) is 0 Å². The molecule has 0 atom stereocenters. The topological polar surface area (TPSA) is 49.3 Å². The minimum Gasteiger partial charge on any atom is -0.481 e. The molecule has 0 saturated heterocycles. The summed E-state index contributed by atoms with van der Waals surface area (Å²) in [5, 5.41) is 11.7. The second kappa shape index (κ2) is 6.98. The fraction of sp³-hybridized carbons (Fsp3) is 0.500. The van der Waals surface area contributed by atoms with Gasteiger partial charge >= 0.3 is 5.97 Å². The van der Waals surface area contributed by atoms with Gasteiger partial charge in [-0.3, -0.25) is 4.79 Å². The number of unbranched alkanes of at least 4 members (excludes halogenated alkanes) is 1. The normalized spacial score (nSPS) is 10.5. The van der Waals surface area contributed by atoms with Crippen molar-refractivity contribution in [1.82, 2.24) is 5.32 Å². The zero-order valence-corrected chi connectivity index (χ0v) is 10.7. The summed E-state index contributed by atoms with van der Waals surface area (Å²) in [6.45, 7) is 1.74. The highest BCUT2D eigenvalue weighted by atomic mass is 79.9. The first-order valence-electron chi connectivity index (χ1n) is 4.85. The molecule has 84 valence electrons. The Labute approximate surface area is 102 Å². The third-order valence-electron chi connectivity index (χ3n) is 1.92. The van der Waals surface area contributed by atoms with Gasteiger partial charge in [-0.1, -0.05) is 0 Å². The first-order chi connectivity index (χ1) is 7.18. The molecule has 1 heterocycles. The molecule has 0 aliphatic heterocycles. The fourth-order valence-corrected chi connectivity index (χ4v) is 2.64. The Morgan fingerprint density at radius 3 is 2.87 bits per heavy atom. The number of nitrogens with one attached hydrogen (secondary N) is 1. The quantitative estimate of drug-likeness (QED) is 0.760. The van der Waals surface area contributed by atoms with Crippen LogP contribution in [0.2, 0.25) is 0 Å². The zero-order chi connectivity index (χ0) is 11.1. The second-order valence-electron chi connectivity index (χ2n) is 3.23. The minimum atomic E-state index is -0.711. The number of halogens is 1. The van der Waals surface area contributed by atoms with Gasteiger partial charge in [0.25, 0.3) is 0 Å². The molecule has 0 aliphatic carbocycles. The number of rotatable bonds is 7. The standard InChI is InChI=1S/C10H14BrNO2S/c11-9-5-4-8(15-9)7-12-6-2-1-3-10(13)14/h4-5,12H,1-3,6-7H2,(H,13,14). The smallest absolute Gasteiger partial charge is 0.303 e. The fourth-order valence-electron chi connectivity index (χ4n) is 1.18. The van der Waals surface area contributed by atoms with E-state index in [1.807, 2.05) is 6.07 Å². The van der Waals surface area contributed by atoms with Crippen LogP contribution in [0.3, 0.4) is 0 Å².